The molecular formula is C21H27N5O2. The molecule has 7 heteroatoms. The summed E-state index contributed by atoms with van der Waals surface area (Å²) in [7, 11) is 1.84. The molecule has 148 valence electrons. The molecule has 7 nitrogen and oxygen atoms in total. The lowest BCUT2D eigenvalue weighted by Crippen LogP contribution is -2.53. The summed E-state index contributed by atoms with van der Waals surface area (Å²) in [5, 5.41) is 7.52. The Kier molecular flexibility index (Phi) is 4.93. The van der Waals surface area contributed by atoms with Gasteiger partial charge in [-0.25, -0.2) is 0 Å². The maximum absolute atomic E-state index is 11.9. The van der Waals surface area contributed by atoms with E-state index in [1.165, 1.54) is 5.56 Å². The maximum atomic E-state index is 11.9. The molecule has 0 unspecified atom stereocenters. The van der Waals surface area contributed by atoms with E-state index in [1.807, 2.05) is 30.3 Å². The average Bonchev–Trinajstić information content (AvgIpc) is 3.12. The first-order chi connectivity index (χ1) is 13.4. The molecule has 28 heavy (non-hydrogen) atoms. The molecule has 2 aromatic rings. The molecule has 1 aromatic carbocycles. The van der Waals surface area contributed by atoms with Crippen LogP contribution in [0.2, 0.25) is 0 Å². The number of hydrogen-bond donors (Lipinski definition) is 1. The number of aromatic amines is 1. The molecule has 1 aromatic heterocycles. The van der Waals surface area contributed by atoms with E-state index in [2.05, 4.69) is 28.1 Å². The Labute approximate surface area is 165 Å². The summed E-state index contributed by atoms with van der Waals surface area (Å²) in [6.07, 6.45) is 3.29. The largest absolute Gasteiger partial charge is 0.338 e. The predicted octanol–water partition coefficient (Wildman–Crippen LogP) is 2.04. The van der Waals surface area contributed by atoms with Crippen LogP contribution in [0.4, 0.5) is 5.69 Å². The van der Waals surface area contributed by atoms with E-state index in [0.717, 1.165) is 55.1 Å². The summed E-state index contributed by atoms with van der Waals surface area (Å²) in [4.78, 5) is 29.7. The monoisotopic (exact) mass is 381 g/mol. The number of piperazine rings is 1. The van der Waals surface area contributed by atoms with Crippen molar-refractivity contribution in [3.8, 4) is 11.3 Å². The SMILES string of the molecule is CC(=O)N1CCN(Cc2c[nH]nc2-c2ccc3c(c2)CCC(=O)N3C)C[C@H]1C. The first-order valence-electron chi connectivity index (χ1n) is 9.86. The number of nitrogens with zero attached hydrogens (tertiary/aromatic N) is 4. The highest BCUT2D eigenvalue weighted by molar-refractivity contribution is 5.96. The van der Waals surface area contributed by atoms with Crippen molar-refractivity contribution in [3.05, 3.63) is 35.5 Å². The van der Waals surface area contributed by atoms with E-state index in [1.54, 1.807) is 11.8 Å². The topological polar surface area (TPSA) is 72.5 Å². The second-order valence-electron chi connectivity index (χ2n) is 7.85. The second-order valence-corrected chi connectivity index (χ2v) is 7.85. The van der Waals surface area contributed by atoms with Crippen LogP contribution >= 0.6 is 0 Å². The number of aromatic nitrogens is 2. The second kappa shape index (κ2) is 7.39. The Bertz CT molecular complexity index is 906. The van der Waals surface area contributed by atoms with Gasteiger partial charge in [-0.15, -0.1) is 0 Å². The van der Waals surface area contributed by atoms with Gasteiger partial charge >= 0.3 is 0 Å². The van der Waals surface area contributed by atoms with Gasteiger partial charge in [-0.05, 0) is 31.0 Å². The Morgan fingerprint density at radius 3 is 2.86 bits per heavy atom. The van der Waals surface area contributed by atoms with Crippen LogP contribution in [0.15, 0.2) is 24.4 Å². The molecule has 0 aliphatic carbocycles. The van der Waals surface area contributed by atoms with E-state index in [4.69, 9.17) is 0 Å². The number of fused-ring (bicyclic) bond motifs is 1. The van der Waals surface area contributed by atoms with E-state index >= 15 is 0 Å². The number of carbonyl (C=O) groups is 2. The fourth-order valence-electron chi connectivity index (χ4n) is 4.37. The summed E-state index contributed by atoms with van der Waals surface area (Å²) in [5.74, 6) is 0.313. The molecule has 4 rings (SSSR count). The maximum Gasteiger partial charge on any atom is 0.227 e. The highest BCUT2D eigenvalue weighted by Gasteiger charge is 2.26. The minimum atomic E-state index is 0.147. The van der Waals surface area contributed by atoms with Gasteiger partial charge in [0.2, 0.25) is 11.8 Å². The number of H-pyrrole nitrogens is 1. The number of anilines is 1. The molecule has 1 N–H and O–H groups in total. The molecule has 1 saturated heterocycles. The number of amides is 2. The lowest BCUT2D eigenvalue weighted by molar-refractivity contribution is -0.133. The first-order valence-corrected chi connectivity index (χ1v) is 9.86. The lowest BCUT2D eigenvalue weighted by atomic mass is 9.97. The fraction of sp³-hybridized carbons (Fsp3) is 0.476. The first kappa shape index (κ1) is 18.7. The zero-order valence-electron chi connectivity index (χ0n) is 16.7. The molecule has 0 spiro atoms. The molecule has 1 fully saturated rings. The molecule has 0 radical (unpaired) electrons. The van der Waals surface area contributed by atoms with Crippen molar-refractivity contribution in [3.63, 3.8) is 0 Å². The molecule has 2 aliphatic heterocycles. The van der Waals surface area contributed by atoms with E-state index in [0.29, 0.717) is 6.42 Å². The molecule has 3 heterocycles. The van der Waals surface area contributed by atoms with Gasteiger partial charge in [0.15, 0.2) is 0 Å². The van der Waals surface area contributed by atoms with Crippen LogP contribution in [0, 0.1) is 0 Å². The van der Waals surface area contributed by atoms with Crippen LogP contribution in [-0.2, 0) is 22.6 Å². The third kappa shape index (κ3) is 3.42. The zero-order valence-corrected chi connectivity index (χ0v) is 16.7. The Hall–Kier alpha value is -2.67. The number of hydrogen-bond acceptors (Lipinski definition) is 4. The van der Waals surface area contributed by atoms with Gasteiger partial charge in [0.25, 0.3) is 0 Å². The van der Waals surface area contributed by atoms with E-state index in [-0.39, 0.29) is 17.9 Å². The molecule has 0 bridgehead atoms. The summed E-state index contributed by atoms with van der Waals surface area (Å²) >= 11 is 0. The van der Waals surface area contributed by atoms with Crippen molar-refractivity contribution in [2.75, 3.05) is 31.6 Å². The molecule has 0 saturated carbocycles. The quantitative estimate of drug-likeness (QED) is 0.883. The number of nitrogens with one attached hydrogen (secondary N) is 1. The zero-order chi connectivity index (χ0) is 19.8. The van der Waals surface area contributed by atoms with E-state index < -0.39 is 0 Å². The summed E-state index contributed by atoms with van der Waals surface area (Å²) in [5.41, 5.74) is 5.38. The van der Waals surface area contributed by atoms with Crippen molar-refractivity contribution in [2.45, 2.75) is 39.3 Å². The Morgan fingerprint density at radius 1 is 1.29 bits per heavy atom. The van der Waals surface area contributed by atoms with Crippen molar-refractivity contribution >= 4 is 17.5 Å². The number of aryl methyl sites for hydroxylation is 1. The van der Waals surface area contributed by atoms with Crippen LogP contribution in [0.1, 0.15) is 31.4 Å². The lowest BCUT2D eigenvalue weighted by Gasteiger charge is -2.39. The van der Waals surface area contributed by atoms with Gasteiger partial charge in [-0.2, -0.15) is 5.10 Å². The van der Waals surface area contributed by atoms with Crippen LogP contribution in [0.3, 0.4) is 0 Å². The Balaban J connectivity index is 1.52. The molecule has 2 aliphatic rings. The summed E-state index contributed by atoms with van der Waals surface area (Å²) < 4.78 is 0. The number of rotatable bonds is 3. The van der Waals surface area contributed by atoms with Gasteiger partial charge < -0.3 is 9.80 Å². The van der Waals surface area contributed by atoms with Gasteiger partial charge in [0, 0.05) is 75.6 Å². The number of benzene rings is 1. The van der Waals surface area contributed by atoms with Crippen LogP contribution in [0.25, 0.3) is 11.3 Å². The summed E-state index contributed by atoms with van der Waals surface area (Å²) in [6, 6.07) is 6.45. The van der Waals surface area contributed by atoms with Crippen molar-refractivity contribution in [2.24, 2.45) is 0 Å². The highest BCUT2D eigenvalue weighted by atomic mass is 16.2. The van der Waals surface area contributed by atoms with Crippen LogP contribution in [-0.4, -0.2) is 64.5 Å². The Morgan fingerprint density at radius 2 is 2.11 bits per heavy atom. The van der Waals surface area contributed by atoms with Crippen molar-refractivity contribution < 1.29 is 9.59 Å². The van der Waals surface area contributed by atoms with Crippen molar-refractivity contribution in [1.29, 1.82) is 0 Å². The number of carbonyl (C=O) groups excluding carboxylic acids is 2. The third-order valence-electron chi connectivity index (χ3n) is 5.93. The molecular weight excluding hydrogens is 354 g/mol. The van der Waals surface area contributed by atoms with E-state index in [9.17, 15) is 9.59 Å². The summed E-state index contributed by atoms with van der Waals surface area (Å²) in [6.45, 7) is 7.04. The predicted molar refractivity (Wildman–Crippen MR) is 108 cm³/mol. The van der Waals surface area contributed by atoms with Crippen LogP contribution in [0.5, 0.6) is 0 Å². The standard InChI is InChI=1S/C21H27N5O2/c1-14-12-25(8-9-26(14)15(2)27)13-18-11-22-23-21(18)17-4-6-19-16(10-17)5-7-20(28)24(19)3/h4,6,10-11,14H,5,7-9,12-13H2,1-3H3,(H,22,23)/t14-/m1/s1. The minimum Gasteiger partial charge on any atom is -0.338 e. The molecule has 2 amide bonds. The average molecular weight is 381 g/mol. The van der Waals surface area contributed by atoms with Gasteiger partial charge in [-0.3, -0.25) is 19.6 Å². The van der Waals surface area contributed by atoms with Gasteiger partial charge in [-0.1, -0.05) is 6.07 Å². The third-order valence-corrected chi connectivity index (χ3v) is 5.93. The molecule has 1 atom stereocenters. The fourth-order valence-corrected chi connectivity index (χ4v) is 4.37. The van der Waals surface area contributed by atoms with Crippen LogP contribution < -0.4 is 4.90 Å². The normalized spacial score (nSPS) is 20.4. The minimum absolute atomic E-state index is 0.147. The smallest absolute Gasteiger partial charge is 0.227 e. The van der Waals surface area contributed by atoms with Crippen molar-refractivity contribution in [1.82, 2.24) is 20.0 Å². The van der Waals surface area contributed by atoms with Gasteiger partial charge in [0.05, 0.1) is 5.69 Å². The highest BCUT2D eigenvalue weighted by Crippen LogP contribution is 2.32. The van der Waals surface area contributed by atoms with Gasteiger partial charge in [0.1, 0.15) is 0 Å².